The van der Waals surface area contributed by atoms with Gasteiger partial charge >= 0.3 is 0 Å². The summed E-state index contributed by atoms with van der Waals surface area (Å²) in [5.41, 5.74) is 4.90. The number of hydrogen-bond acceptors (Lipinski definition) is 10. The highest BCUT2D eigenvalue weighted by molar-refractivity contribution is 6.08. The molecule has 48 heavy (non-hydrogen) atoms. The molecule has 4 aliphatic heterocycles. The van der Waals surface area contributed by atoms with Crippen LogP contribution in [0.1, 0.15) is 31.2 Å². The van der Waals surface area contributed by atoms with Crippen molar-refractivity contribution < 1.29 is 14.6 Å². The van der Waals surface area contributed by atoms with Crippen LogP contribution in [-0.4, -0.2) is 87.3 Å². The maximum absolute atomic E-state index is 13.9. The van der Waals surface area contributed by atoms with Crippen molar-refractivity contribution in [3.63, 3.8) is 0 Å². The summed E-state index contributed by atoms with van der Waals surface area (Å²) in [6.07, 6.45) is 16.2. The van der Waals surface area contributed by atoms with E-state index in [4.69, 9.17) is 4.74 Å². The third-order valence-corrected chi connectivity index (χ3v) is 9.65. The summed E-state index contributed by atoms with van der Waals surface area (Å²) in [6.45, 7) is 10.1. The van der Waals surface area contributed by atoms with Gasteiger partial charge in [-0.15, -0.1) is 0 Å². The average molecular weight is 651 g/mol. The number of amides is 1. The van der Waals surface area contributed by atoms with Crippen molar-refractivity contribution in [3.05, 3.63) is 95.2 Å². The SMILES string of the molecule is C=C1/C=C2/C(=O)N(c3cncc(-c4cc(Nc5ccc(N6CCN(C7COC7)CC6)cn5)c(=O)n(C)c4)c3CO)C=CN2CCCCC1. The highest BCUT2D eigenvalue weighted by Gasteiger charge is 2.30. The summed E-state index contributed by atoms with van der Waals surface area (Å²) >= 11 is 0. The van der Waals surface area contributed by atoms with Crippen LogP contribution < -0.4 is 20.7 Å². The zero-order valence-corrected chi connectivity index (χ0v) is 27.3. The number of pyridine rings is 3. The van der Waals surface area contributed by atoms with Crippen molar-refractivity contribution in [1.82, 2.24) is 24.3 Å². The molecule has 12 heteroatoms. The smallest absolute Gasteiger partial charge is 0.279 e. The first kappa shape index (κ1) is 31.8. The zero-order valence-electron chi connectivity index (χ0n) is 27.3. The standard InChI is InChI=1S/C36H42N8O4/c1-25-6-4-3-5-9-43-14-15-44(36(47)32(43)16-25)33-20-37-19-29(30(33)22-45)26-17-31(35(46)40(2)21-26)39-34-8-7-27(18-38-34)41-10-12-42(13-11-41)28-23-48-24-28/h7-8,14-21,28,45H,1,3-6,9-13,22-24H2,2H3,(H,38,39)/b32-16-. The van der Waals surface area contributed by atoms with E-state index in [-0.39, 0.29) is 18.1 Å². The Bertz CT molecular complexity index is 1810. The van der Waals surface area contributed by atoms with Gasteiger partial charge in [0.05, 0.1) is 49.6 Å². The number of hydrogen-bond donors (Lipinski definition) is 2. The van der Waals surface area contributed by atoms with Crippen LogP contribution in [0.5, 0.6) is 0 Å². The Kier molecular flexibility index (Phi) is 9.11. The van der Waals surface area contributed by atoms with Gasteiger partial charge in [0.2, 0.25) is 0 Å². The Hall–Kier alpha value is -4.78. The van der Waals surface area contributed by atoms with Gasteiger partial charge in [-0.3, -0.25) is 24.4 Å². The molecule has 0 atom stereocenters. The number of nitrogens with zero attached hydrogens (tertiary/aromatic N) is 7. The molecule has 7 heterocycles. The molecule has 4 aliphatic rings. The van der Waals surface area contributed by atoms with Crippen molar-refractivity contribution >= 4 is 28.8 Å². The molecule has 0 saturated carbocycles. The van der Waals surface area contributed by atoms with Gasteiger partial charge in [-0.25, -0.2) is 4.98 Å². The minimum absolute atomic E-state index is 0.207. The third kappa shape index (κ3) is 6.38. The number of aliphatic hydroxyl groups is 1. The van der Waals surface area contributed by atoms with E-state index in [9.17, 15) is 14.7 Å². The molecule has 0 unspecified atom stereocenters. The highest BCUT2D eigenvalue weighted by Crippen LogP contribution is 2.34. The molecule has 1 amide bonds. The van der Waals surface area contributed by atoms with Gasteiger partial charge in [0.25, 0.3) is 11.5 Å². The first-order valence-corrected chi connectivity index (χ1v) is 16.7. The number of piperazine rings is 1. The molecule has 0 spiro atoms. The maximum atomic E-state index is 13.9. The summed E-state index contributed by atoms with van der Waals surface area (Å²) in [4.78, 5) is 44.5. The van der Waals surface area contributed by atoms with Crippen molar-refractivity contribution in [2.75, 3.05) is 61.1 Å². The molecular formula is C36H42N8O4. The van der Waals surface area contributed by atoms with E-state index in [0.29, 0.717) is 45.6 Å². The van der Waals surface area contributed by atoms with Gasteiger partial charge in [0.15, 0.2) is 0 Å². The molecule has 250 valence electrons. The number of carbonyl (C=O) groups is 1. The fourth-order valence-corrected chi connectivity index (χ4v) is 6.76. The van der Waals surface area contributed by atoms with Crippen LogP contribution in [0, 0.1) is 0 Å². The van der Waals surface area contributed by atoms with Crippen LogP contribution >= 0.6 is 0 Å². The van der Waals surface area contributed by atoms with Crippen LogP contribution in [0.25, 0.3) is 11.1 Å². The molecule has 12 nitrogen and oxygen atoms in total. The van der Waals surface area contributed by atoms with Crippen molar-refractivity contribution in [2.24, 2.45) is 7.05 Å². The molecule has 3 aromatic heterocycles. The number of carbonyl (C=O) groups excluding carboxylic acids is 1. The predicted molar refractivity (Wildman–Crippen MR) is 186 cm³/mol. The lowest BCUT2D eigenvalue weighted by Gasteiger charge is -2.43. The molecule has 0 bridgehead atoms. The van der Waals surface area contributed by atoms with Crippen LogP contribution in [0.15, 0.2) is 84.1 Å². The Labute approximate surface area is 280 Å². The molecular weight excluding hydrogens is 608 g/mol. The van der Waals surface area contributed by atoms with Gasteiger partial charge in [0.1, 0.15) is 17.2 Å². The summed E-state index contributed by atoms with van der Waals surface area (Å²) in [7, 11) is 1.68. The topological polar surface area (TPSA) is 119 Å². The average Bonchev–Trinajstić information content (AvgIpc) is 3.17. The van der Waals surface area contributed by atoms with Crippen LogP contribution in [0.4, 0.5) is 22.9 Å². The number of ether oxygens (including phenoxy) is 1. The molecule has 7 rings (SSSR count). The largest absolute Gasteiger partial charge is 0.392 e. The molecule has 2 N–H and O–H groups in total. The summed E-state index contributed by atoms with van der Waals surface area (Å²) < 4.78 is 6.84. The van der Waals surface area contributed by atoms with Crippen molar-refractivity contribution in [3.8, 4) is 11.1 Å². The van der Waals surface area contributed by atoms with E-state index in [1.807, 2.05) is 35.5 Å². The lowest BCUT2D eigenvalue weighted by Crippen LogP contribution is -2.56. The number of aryl methyl sites for hydroxylation is 1. The van der Waals surface area contributed by atoms with Crippen LogP contribution in [0.3, 0.4) is 0 Å². The zero-order chi connectivity index (χ0) is 33.2. The van der Waals surface area contributed by atoms with Gasteiger partial charge in [-0.1, -0.05) is 18.6 Å². The number of allylic oxidation sites excluding steroid dienone is 2. The number of fused-ring (bicyclic) bond motifs is 1. The second-order valence-corrected chi connectivity index (χ2v) is 12.8. The van der Waals surface area contributed by atoms with E-state index in [1.54, 1.807) is 37.9 Å². The molecule has 0 aliphatic carbocycles. The minimum Gasteiger partial charge on any atom is -0.392 e. The number of nitrogens with one attached hydrogen (secondary N) is 1. The molecule has 0 aromatic carbocycles. The molecule has 0 radical (unpaired) electrons. The second kappa shape index (κ2) is 13.8. The normalized spacial score (nSPS) is 20.4. The van der Waals surface area contributed by atoms with E-state index < -0.39 is 0 Å². The van der Waals surface area contributed by atoms with E-state index in [0.717, 1.165) is 82.9 Å². The monoisotopic (exact) mass is 650 g/mol. The van der Waals surface area contributed by atoms with Gasteiger partial charge in [0, 0.05) is 81.3 Å². The first-order valence-electron chi connectivity index (χ1n) is 16.7. The lowest BCUT2D eigenvalue weighted by atomic mass is 10.0. The Morgan fingerprint density at radius 2 is 1.85 bits per heavy atom. The number of aliphatic hydroxyl groups excluding tert-OH is 1. The summed E-state index contributed by atoms with van der Waals surface area (Å²) in [5.74, 6) is 0.340. The summed E-state index contributed by atoms with van der Waals surface area (Å²) in [6, 6.07) is 6.19. The number of aromatic nitrogens is 3. The van der Waals surface area contributed by atoms with Crippen molar-refractivity contribution in [1.29, 1.82) is 0 Å². The van der Waals surface area contributed by atoms with E-state index in [1.165, 1.54) is 9.47 Å². The predicted octanol–water partition coefficient (Wildman–Crippen LogP) is 3.73. The number of anilines is 4. The van der Waals surface area contributed by atoms with Gasteiger partial charge < -0.3 is 29.5 Å². The molecule has 2 saturated heterocycles. The molecule has 3 aromatic rings. The number of rotatable bonds is 7. The highest BCUT2D eigenvalue weighted by atomic mass is 16.5. The Morgan fingerprint density at radius 1 is 1.02 bits per heavy atom. The first-order chi connectivity index (χ1) is 23.4. The quantitative estimate of drug-likeness (QED) is 0.392. The van der Waals surface area contributed by atoms with Crippen LogP contribution in [-0.2, 0) is 23.2 Å². The fraction of sp³-hybridized carbons (Fsp3) is 0.389. The van der Waals surface area contributed by atoms with E-state index >= 15 is 0 Å². The lowest BCUT2D eigenvalue weighted by molar-refractivity contribution is -0.116. The fourth-order valence-electron chi connectivity index (χ4n) is 6.76. The van der Waals surface area contributed by atoms with E-state index in [2.05, 4.69) is 31.7 Å². The van der Waals surface area contributed by atoms with Crippen molar-refractivity contribution in [2.45, 2.75) is 38.3 Å². The molecule has 2 fully saturated rings. The van der Waals surface area contributed by atoms with Crippen LogP contribution in [0.2, 0.25) is 0 Å². The Morgan fingerprint density at radius 3 is 2.58 bits per heavy atom. The maximum Gasteiger partial charge on any atom is 0.279 e. The Balaban J connectivity index is 1.13. The van der Waals surface area contributed by atoms with Gasteiger partial charge in [-0.05, 0) is 43.5 Å². The third-order valence-electron chi connectivity index (χ3n) is 9.65. The minimum atomic E-state index is -0.336. The summed E-state index contributed by atoms with van der Waals surface area (Å²) in [5, 5.41) is 13.9. The second-order valence-electron chi connectivity index (χ2n) is 12.8. The van der Waals surface area contributed by atoms with Gasteiger partial charge in [-0.2, -0.15) is 0 Å².